The summed E-state index contributed by atoms with van der Waals surface area (Å²) in [5.74, 6) is 0. The molecule has 0 bridgehead atoms. The maximum Gasteiger partial charge on any atom is 0.139 e. The Balaban J connectivity index is 1.35. The van der Waals surface area contributed by atoms with E-state index in [1.54, 1.807) is 0 Å². The molecule has 3 heteroatoms. The van der Waals surface area contributed by atoms with E-state index in [2.05, 4.69) is 97.1 Å². The number of furan rings is 3. The maximum atomic E-state index is 6.31. The summed E-state index contributed by atoms with van der Waals surface area (Å²) in [5, 5.41) is 10.3. The SMILES string of the molecule is c1ccc2c(c1)oc1cc3occ(-c4c5ccccc5c(-c5cccc6oc7ccccc7c56)c5ccccc45)c3cc12. The van der Waals surface area contributed by atoms with Gasteiger partial charge in [-0.25, -0.2) is 0 Å². The fraction of sp³-hybridized carbons (Fsp3) is 0. The molecule has 0 unspecified atom stereocenters. The van der Waals surface area contributed by atoms with Crippen molar-refractivity contribution in [3.63, 3.8) is 0 Å². The third-order valence-corrected chi connectivity index (χ3v) is 8.95. The monoisotopic (exact) mass is 550 g/mol. The quantitative estimate of drug-likeness (QED) is 0.201. The van der Waals surface area contributed by atoms with Crippen molar-refractivity contribution in [2.24, 2.45) is 0 Å². The molecule has 3 heterocycles. The van der Waals surface area contributed by atoms with E-state index in [4.69, 9.17) is 13.3 Å². The number of para-hydroxylation sites is 2. The molecule has 0 fully saturated rings. The van der Waals surface area contributed by atoms with Crippen LogP contribution in [0.15, 0.2) is 147 Å². The summed E-state index contributed by atoms with van der Waals surface area (Å²) >= 11 is 0. The van der Waals surface area contributed by atoms with Crippen LogP contribution in [0.4, 0.5) is 0 Å². The molecule has 0 amide bonds. The normalized spacial score (nSPS) is 12.2. The molecule has 0 aliphatic heterocycles. The fourth-order valence-electron chi connectivity index (χ4n) is 7.13. The molecule has 10 rings (SSSR count). The van der Waals surface area contributed by atoms with Crippen LogP contribution >= 0.6 is 0 Å². The molecule has 3 aromatic heterocycles. The van der Waals surface area contributed by atoms with Crippen molar-refractivity contribution >= 4 is 76.4 Å². The Morgan fingerprint density at radius 1 is 0.326 bits per heavy atom. The van der Waals surface area contributed by atoms with E-state index < -0.39 is 0 Å². The lowest BCUT2D eigenvalue weighted by Crippen LogP contribution is -1.91. The van der Waals surface area contributed by atoms with Gasteiger partial charge in [0.25, 0.3) is 0 Å². The molecule has 0 radical (unpaired) electrons. The molecule has 43 heavy (non-hydrogen) atoms. The molecule has 0 saturated carbocycles. The van der Waals surface area contributed by atoms with Crippen LogP contribution in [0.25, 0.3) is 98.6 Å². The number of rotatable bonds is 2. The Hall–Kier alpha value is -5.80. The minimum absolute atomic E-state index is 0.813. The van der Waals surface area contributed by atoms with E-state index in [9.17, 15) is 0 Å². The molecule has 10 aromatic rings. The van der Waals surface area contributed by atoms with E-state index in [0.717, 1.165) is 60.4 Å². The van der Waals surface area contributed by atoms with Crippen molar-refractivity contribution in [2.75, 3.05) is 0 Å². The second-order valence-corrected chi connectivity index (χ2v) is 11.2. The Labute approximate surface area is 245 Å². The molecule has 0 aliphatic carbocycles. The van der Waals surface area contributed by atoms with Crippen molar-refractivity contribution in [3.05, 3.63) is 134 Å². The predicted octanol–water partition coefficient (Wildman–Crippen LogP) is 11.9. The molecule has 0 spiro atoms. The van der Waals surface area contributed by atoms with Gasteiger partial charge in [-0.05, 0) is 56.9 Å². The van der Waals surface area contributed by atoms with Crippen LogP contribution in [0.5, 0.6) is 0 Å². The summed E-state index contributed by atoms with van der Waals surface area (Å²) in [6.45, 7) is 0. The van der Waals surface area contributed by atoms with E-state index >= 15 is 0 Å². The van der Waals surface area contributed by atoms with Crippen LogP contribution in [-0.4, -0.2) is 0 Å². The zero-order chi connectivity index (χ0) is 28.1. The third-order valence-electron chi connectivity index (χ3n) is 8.95. The van der Waals surface area contributed by atoms with Crippen molar-refractivity contribution in [1.29, 1.82) is 0 Å². The number of benzene rings is 7. The summed E-state index contributed by atoms with van der Waals surface area (Å²) < 4.78 is 18.7. The van der Waals surface area contributed by atoms with Gasteiger partial charge < -0.3 is 13.3 Å². The largest absolute Gasteiger partial charge is 0.464 e. The van der Waals surface area contributed by atoms with Crippen LogP contribution in [0.1, 0.15) is 0 Å². The average Bonchev–Trinajstić information content (AvgIpc) is 3.75. The summed E-state index contributed by atoms with van der Waals surface area (Å²) in [4.78, 5) is 0. The first-order valence-corrected chi connectivity index (χ1v) is 14.5. The van der Waals surface area contributed by atoms with E-state index in [1.807, 2.05) is 36.6 Å². The zero-order valence-corrected chi connectivity index (χ0v) is 22.9. The Morgan fingerprint density at radius 3 is 1.56 bits per heavy atom. The highest BCUT2D eigenvalue weighted by molar-refractivity contribution is 6.27. The first-order chi connectivity index (χ1) is 21.3. The molecule has 0 N–H and O–H groups in total. The first kappa shape index (κ1) is 22.8. The molecule has 7 aromatic carbocycles. The van der Waals surface area contributed by atoms with Gasteiger partial charge in [0.15, 0.2) is 0 Å². The molecule has 200 valence electrons. The third kappa shape index (κ3) is 3.08. The fourth-order valence-corrected chi connectivity index (χ4v) is 7.13. The minimum atomic E-state index is 0.813. The predicted molar refractivity (Wildman–Crippen MR) is 177 cm³/mol. The van der Waals surface area contributed by atoms with Crippen LogP contribution in [-0.2, 0) is 0 Å². The van der Waals surface area contributed by atoms with Gasteiger partial charge in [0.2, 0.25) is 0 Å². The zero-order valence-electron chi connectivity index (χ0n) is 22.9. The molecular weight excluding hydrogens is 528 g/mol. The van der Waals surface area contributed by atoms with Gasteiger partial charge in [0.05, 0.1) is 6.26 Å². The summed E-state index contributed by atoms with van der Waals surface area (Å²) in [6, 6.07) is 44.6. The Morgan fingerprint density at radius 2 is 0.860 bits per heavy atom. The number of fused-ring (bicyclic) bond motifs is 9. The number of hydrogen-bond donors (Lipinski definition) is 0. The van der Waals surface area contributed by atoms with Crippen molar-refractivity contribution in [2.45, 2.75) is 0 Å². The Kier molecular flexibility index (Phi) is 4.45. The summed E-state index contributed by atoms with van der Waals surface area (Å²) in [5.41, 5.74) is 8.96. The highest BCUT2D eigenvalue weighted by Crippen LogP contribution is 2.48. The van der Waals surface area contributed by atoms with Crippen molar-refractivity contribution in [1.82, 2.24) is 0 Å². The lowest BCUT2D eigenvalue weighted by Gasteiger charge is -2.17. The lowest BCUT2D eigenvalue weighted by molar-refractivity contribution is 0.614. The molecule has 0 saturated heterocycles. The van der Waals surface area contributed by atoms with Gasteiger partial charge in [-0.2, -0.15) is 0 Å². The second kappa shape index (κ2) is 8.37. The van der Waals surface area contributed by atoms with Crippen LogP contribution < -0.4 is 0 Å². The lowest BCUT2D eigenvalue weighted by atomic mass is 9.85. The highest BCUT2D eigenvalue weighted by atomic mass is 16.3. The van der Waals surface area contributed by atoms with Crippen LogP contribution in [0.3, 0.4) is 0 Å². The van der Waals surface area contributed by atoms with Gasteiger partial charge in [-0.15, -0.1) is 0 Å². The standard InChI is InChI=1S/C40H22O3/c1-3-13-26-24(11-1)38(29-16-9-19-35-40(29)28-15-6-8-18-34(28)42-35)25-12-2-4-14-27(25)39(26)32-22-41-36-21-37-30(20-31(32)36)23-10-5-7-17-33(23)43-37/h1-22H. The topological polar surface area (TPSA) is 39.4 Å². The summed E-state index contributed by atoms with van der Waals surface area (Å²) in [6.07, 6.45) is 1.91. The van der Waals surface area contributed by atoms with Gasteiger partial charge in [-0.3, -0.25) is 0 Å². The van der Waals surface area contributed by atoms with Gasteiger partial charge in [0, 0.05) is 44.1 Å². The van der Waals surface area contributed by atoms with Crippen LogP contribution in [0.2, 0.25) is 0 Å². The molecule has 3 nitrogen and oxygen atoms in total. The molecular formula is C40H22O3. The molecule has 0 aliphatic rings. The van der Waals surface area contributed by atoms with Crippen LogP contribution in [0, 0.1) is 0 Å². The van der Waals surface area contributed by atoms with Gasteiger partial charge >= 0.3 is 0 Å². The number of hydrogen-bond acceptors (Lipinski definition) is 3. The second-order valence-electron chi connectivity index (χ2n) is 11.2. The minimum Gasteiger partial charge on any atom is -0.464 e. The van der Waals surface area contributed by atoms with E-state index in [-0.39, 0.29) is 0 Å². The van der Waals surface area contributed by atoms with Crippen molar-refractivity contribution < 1.29 is 13.3 Å². The smallest absolute Gasteiger partial charge is 0.139 e. The maximum absolute atomic E-state index is 6.31. The molecule has 0 atom stereocenters. The average molecular weight is 551 g/mol. The summed E-state index contributed by atoms with van der Waals surface area (Å²) in [7, 11) is 0. The van der Waals surface area contributed by atoms with Gasteiger partial charge in [0.1, 0.15) is 27.9 Å². The van der Waals surface area contributed by atoms with Crippen molar-refractivity contribution in [3.8, 4) is 22.3 Å². The van der Waals surface area contributed by atoms with Gasteiger partial charge in [-0.1, -0.05) is 97.1 Å². The first-order valence-electron chi connectivity index (χ1n) is 14.5. The van der Waals surface area contributed by atoms with E-state index in [1.165, 1.54) is 38.2 Å². The highest BCUT2D eigenvalue weighted by Gasteiger charge is 2.22. The Bertz CT molecular complexity index is 2680. The van der Waals surface area contributed by atoms with E-state index in [0.29, 0.717) is 0 Å².